The summed E-state index contributed by atoms with van der Waals surface area (Å²) in [5.74, 6) is 0.701. The van der Waals surface area contributed by atoms with Crippen molar-refractivity contribution < 1.29 is 4.74 Å². The van der Waals surface area contributed by atoms with Crippen LogP contribution in [0.5, 0.6) is 5.88 Å². The van der Waals surface area contributed by atoms with Crippen LogP contribution in [0.1, 0.15) is 0 Å². The van der Waals surface area contributed by atoms with Crippen LogP contribution in [0.25, 0.3) is 31.1 Å². The number of thiophene rings is 1. The summed E-state index contributed by atoms with van der Waals surface area (Å²) < 4.78 is 7.95. The lowest BCUT2D eigenvalue weighted by atomic mass is 10.1. The Morgan fingerprint density at radius 2 is 1.58 bits per heavy atom. The third kappa shape index (κ3) is 1.45. The van der Waals surface area contributed by atoms with Crippen LogP contribution in [0.2, 0.25) is 0 Å². The Morgan fingerprint density at radius 3 is 2.37 bits per heavy atom. The van der Waals surface area contributed by atoms with Gasteiger partial charge in [-0.15, -0.1) is 11.3 Å². The highest BCUT2D eigenvalue weighted by Gasteiger charge is 2.13. The molecule has 0 aliphatic heterocycles. The highest BCUT2D eigenvalue weighted by atomic mass is 32.1. The minimum atomic E-state index is 0.701. The van der Waals surface area contributed by atoms with Crippen LogP contribution in [-0.4, -0.2) is 12.1 Å². The highest BCUT2D eigenvalue weighted by molar-refractivity contribution is 7.26. The van der Waals surface area contributed by atoms with Gasteiger partial charge in [-0.05, 0) is 12.1 Å². The number of methoxy groups -OCH3 is 1. The lowest BCUT2D eigenvalue weighted by molar-refractivity contribution is 0.405. The number of pyridine rings is 1. The maximum atomic E-state index is 5.45. The Labute approximate surface area is 114 Å². The molecule has 4 aromatic rings. The fourth-order valence-electron chi connectivity index (χ4n) is 2.51. The van der Waals surface area contributed by atoms with E-state index in [1.54, 1.807) is 18.4 Å². The van der Waals surface area contributed by atoms with Crippen molar-refractivity contribution >= 4 is 42.4 Å². The fourth-order valence-corrected chi connectivity index (χ4v) is 3.69. The predicted octanol–water partition coefficient (Wildman–Crippen LogP) is 4.61. The predicted molar refractivity (Wildman–Crippen MR) is 81.2 cm³/mol. The van der Waals surface area contributed by atoms with E-state index in [0.29, 0.717) is 5.88 Å². The number of aromatic nitrogens is 1. The van der Waals surface area contributed by atoms with Crippen molar-refractivity contribution in [2.75, 3.05) is 7.11 Å². The smallest absolute Gasteiger partial charge is 0.221 e. The zero-order chi connectivity index (χ0) is 12.8. The van der Waals surface area contributed by atoms with Gasteiger partial charge >= 0.3 is 0 Å². The number of nitrogens with zero attached hydrogens (tertiary/aromatic N) is 1. The third-order valence-electron chi connectivity index (χ3n) is 3.38. The monoisotopic (exact) mass is 265 g/mol. The SMILES string of the molecule is COc1nc2c3ccccc3sc2c2ccccc12. The molecule has 2 nitrogen and oxygen atoms in total. The average molecular weight is 265 g/mol. The number of rotatable bonds is 1. The minimum Gasteiger partial charge on any atom is -0.481 e. The molecule has 3 heteroatoms. The Bertz CT molecular complexity index is 910. The first-order chi connectivity index (χ1) is 9.38. The maximum Gasteiger partial charge on any atom is 0.221 e. The van der Waals surface area contributed by atoms with Crippen LogP contribution in [0.3, 0.4) is 0 Å². The summed E-state index contributed by atoms with van der Waals surface area (Å²) in [5, 5.41) is 3.49. The van der Waals surface area contributed by atoms with Crippen LogP contribution in [0.4, 0.5) is 0 Å². The van der Waals surface area contributed by atoms with Gasteiger partial charge in [-0.25, -0.2) is 4.98 Å². The molecule has 4 rings (SSSR count). The molecular weight excluding hydrogens is 254 g/mol. The Balaban J connectivity index is 2.32. The quantitative estimate of drug-likeness (QED) is 0.501. The average Bonchev–Trinajstić information content (AvgIpc) is 2.85. The van der Waals surface area contributed by atoms with Crippen molar-refractivity contribution in [2.45, 2.75) is 0 Å². The Morgan fingerprint density at radius 1 is 0.895 bits per heavy atom. The van der Waals surface area contributed by atoms with Gasteiger partial charge < -0.3 is 4.74 Å². The van der Waals surface area contributed by atoms with Crippen LogP contribution in [0.15, 0.2) is 48.5 Å². The van der Waals surface area contributed by atoms with Crippen LogP contribution < -0.4 is 4.74 Å². The summed E-state index contributed by atoms with van der Waals surface area (Å²) in [6, 6.07) is 16.7. The molecule has 2 heterocycles. The van der Waals surface area contributed by atoms with Crippen molar-refractivity contribution in [2.24, 2.45) is 0 Å². The molecule has 2 aromatic carbocycles. The van der Waals surface area contributed by atoms with E-state index >= 15 is 0 Å². The molecule has 0 aliphatic carbocycles. The molecule has 0 radical (unpaired) electrons. The molecule has 0 amide bonds. The third-order valence-corrected chi connectivity index (χ3v) is 4.57. The van der Waals surface area contributed by atoms with Crippen LogP contribution in [-0.2, 0) is 0 Å². The van der Waals surface area contributed by atoms with Gasteiger partial charge in [0, 0.05) is 20.9 Å². The second-order valence-electron chi connectivity index (χ2n) is 4.44. The van der Waals surface area contributed by atoms with E-state index in [0.717, 1.165) is 10.9 Å². The molecule has 19 heavy (non-hydrogen) atoms. The minimum absolute atomic E-state index is 0.701. The van der Waals surface area contributed by atoms with E-state index in [1.165, 1.54) is 20.2 Å². The molecule has 0 fully saturated rings. The largest absolute Gasteiger partial charge is 0.481 e. The summed E-state index contributed by atoms with van der Waals surface area (Å²) in [5.41, 5.74) is 1.04. The lowest BCUT2D eigenvalue weighted by Crippen LogP contribution is -1.89. The zero-order valence-corrected chi connectivity index (χ0v) is 11.2. The topological polar surface area (TPSA) is 22.1 Å². The van der Waals surface area contributed by atoms with Crippen LogP contribution in [0, 0.1) is 0 Å². The molecule has 0 bridgehead atoms. The van der Waals surface area contributed by atoms with Gasteiger partial charge in [-0.3, -0.25) is 0 Å². The first-order valence-electron chi connectivity index (χ1n) is 6.12. The Hall–Kier alpha value is -2.13. The molecular formula is C16H11NOS. The number of ether oxygens (including phenoxy) is 1. The molecule has 0 atom stereocenters. The number of hydrogen-bond donors (Lipinski definition) is 0. The van der Waals surface area contributed by atoms with Gasteiger partial charge in [0.15, 0.2) is 0 Å². The van der Waals surface area contributed by atoms with Crippen molar-refractivity contribution in [3.8, 4) is 5.88 Å². The van der Waals surface area contributed by atoms with E-state index < -0.39 is 0 Å². The molecule has 2 aromatic heterocycles. The van der Waals surface area contributed by atoms with E-state index in [-0.39, 0.29) is 0 Å². The molecule has 0 saturated heterocycles. The summed E-state index contributed by atoms with van der Waals surface area (Å²) in [4.78, 5) is 4.70. The molecule has 92 valence electrons. The first-order valence-corrected chi connectivity index (χ1v) is 6.94. The summed E-state index contributed by atoms with van der Waals surface area (Å²) in [6.07, 6.45) is 0. The summed E-state index contributed by atoms with van der Waals surface area (Å²) >= 11 is 1.79. The number of hydrogen-bond acceptors (Lipinski definition) is 3. The van der Waals surface area contributed by atoms with Gasteiger partial charge in [-0.1, -0.05) is 36.4 Å². The van der Waals surface area contributed by atoms with Crippen molar-refractivity contribution in [1.82, 2.24) is 4.98 Å². The highest BCUT2D eigenvalue weighted by Crippen LogP contribution is 2.39. The summed E-state index contributed by atoms with van der Waals surface area (Å²) in [7, 11) is 1.68. The van der Waals surface area contributed by atoms with E-state index in [1.807, 2.05) is 6.07 Å². The maximum absolute atomic E-state index is 5.45. The van der Waals surface area contributed by atoms with Crippen molar-refractivity contribution in [3.63, 3.8) is 0 Å². The first kappa shape index (κ1) is 10.8. The molecule has 0 N–H and O–H groups in total. The van der Waals surface area contributed by atoms with Crippen LogP contribution >= 0.6 is 11.3 Å². The van der Waals surface area contributed by atoms with Crippen molar-refractivity contribution in [3.05, 3.63) is 48.5 Å². The Kier molecular flexibility index (Phi) is 2.23. The van der Waals surface area contributed by atoms with E-state index in [9.17, 15) is 0 Å². The van der Waals surface area contributed by atoms with Gasteiger partial charge in [0.2, 0.25) is 5.88 Å². The van der Waals surface area contributed by atoms with Gasteiger partial charge in [0.1, 0.15) is 0 Å². The fraction of sp³-hybridized carbons (Fsp3) is 0.0625. The molecule has 0 spiro atoms. The summed E-state index contributed by atoms with van der Waals surface area (Å²) in [6.45, 7) is 0. The molecule has 0 aliphatic rings. The molecule has 0 unspecified atom stereocenters. The zero-order valence-electron chi connectivity index (χ0n) is 10.4. The van der Waals surface area contributed by atoms with Crippen molar-refractivity contribution in [1.29, 1.82) is 0 Å². The van der Waals surface area contributed by atoms with Gasteiger partial charge in [0.25, 0.3) is 0 Å². The van der Waals surface area contributed by atoms with Gasteiger partial charge in [-0.2, -0.15) is 0 Å². The second kappa shape index (κ2) is 3.93. The molecule has 0 saturated carbocycles. The number of fused-ring (bicyclic) bond motifs is 5. The number of benzene rings is 2. The standard InChI is InChI=1S/C16H11NOS/c1-18-16-11-7-3-2-6-10(11)15-14(17-16)12-8-4-5-9-13(12)19-15/h2-9H,1H3. The van der Waals surface area contributed by atoms with E-state index in [4.69, 9.17) is 9.72 Å². The normalized spacial score (nSPS) is 11.4. The van der Waals surface area contributed by atoms with Gasteiger partial charge in [0.05, 0.1) is 17.3 Å². The van der Waals surface area contributed by atoms with E-state index in [2.05, 4.69) is 42.5 Å². The second-order valence-corrected chi connectivity index (χ2v) is 5.49. The lowest BCUT2D eigenvalue weighted by Gasteiger charge is -2.05.